The van der Waals surface area contributed by atoms with Gasteiger partial charge in [0.25, 0.3) is 0 Å². The lowest BCUT2D eigenvalue weighted by molar-refractivity contribution is -0.119. The van der Waals surface area contributed by atoms with Crippen LogP contribution in [0.4, 0.5) is 11.4 Å². The molecule has 8 heteroatoms. The van der Waals surface area contributed by atoms with Crippen LogP contribution in [0.15, 0.2) is 30.5 Å². The van der Waals surface area contributed by atoms with Crippen LogP contribution in [-0.4, -0.2) is 36.2 Å². The maximum Gasteiger partial charge on any atom is 0.226 e. The Hall–Kier alpha value is -3.55. The fraction of sp³-hybridized carbons (Fsp3) is 0.286. The standard InChI is InChI=1S/C21H26N6O2/c1-11(21(24)28)19-20(18-14(10-22)15(23)5-6-16(18)26-19)27(3)12(2)13-7-8-25-17(9-13)29-4/h5-12,22,26H,23H2,1-4H3,(H2,24,28). The fourth-order valence-corrected chi connectivity index (χ4v) is 3.52. The van der Waals surface area contributed by atoms with Crippen molar-refractivity contribution in [1.29, 1.82) is 5.41 Å². The van der Waals surface area contributed by atoms with Crippen molar-refractivity contribution in [3.63, 3.8) is 0 Å². The lowest BCUT2D eigenvalue weighted by Crippen LogP contribution is -2.26. The SMILES string of the molecule is COc1cc(C(C)N(C)c2c(C(C)C(N)=O)[nH]c3ccc(N)c(C=N)c23)ccn1. The highest BCUT2D eigenvalue weighted by Gasteiger charge is 2.27. The van der Waals surface area contributed by atoms with Crippen LogP contribution in [-0.2, 0) is 4.79 Å². The number of ether oxygens (including phenoxy) is 1. The second kappa shape index (κ2) is 7.83. The van der Waals surface area contributed by atoms with E-state index in [1.807, 2.05) is 32.2 Å². The number of nitrogens with one attached hydrogen (secondary N) is 2. The molecule has 0 saturated carbocycles. The van der Waals surface area contributed by atoms with Gasteiger partial charge in [-0.15, -0.1) is 0 Å². The minimum Gasteiger partial charge on any atom is -0.481 e. The summed E-state index contributed by atoms with van der Waals surface area (Å²) in [6.45, 7) is 3.81. The molecule has 2 aromatic heterocycles. The van der Waals surface area contributed by atoms with E-state index in [1.54, 1.807) is 26.3 Å². The Morgan fingerprint density at radius 1 is 1.34 bits per heavy atom. The van der Waals surface area contributed by atoms with E-state index in [0.717, 1.165) is 22.2 Å². The number of nitrogen functional groups attached to an aromatic ring is 1. The molecular weight excluding hydrogens is 368 g/mol. The molecule has 2 heterocycles. The molecule has 2 atom stereocenters. The number of fused-ring (bicyclic) bond motifs is 1. The molecule has 1 aromatic carbocycles. The molecule has 152 valence electrons. The van der Waals surface area contributed by atoms with Crippen LogP contribution < -0.4 is 21.1 Å². The van der Waals surface area contributed by atoms with Crippen molar-refractivity contribution >= 4 is 34.4 Å². The molecule has 0 aliphatic heterocycles. The van der Waals surface area contributed by atoms with Crippen molar-refractivity contribution in [2.24, 2.45) is 5.73 Å². The smallest absolute Gasteiger partial charge is 0.226 e. The molecule has 0 bridgehead atoms. The van der Waals surface area contributed by atoms with Crippen LogP contribution in [0.3, 0.4) is 0 Å². The van der Waals surface area contributed by atoms with E-state index >= 15 is 0 Å². The molecule has 6 N–H and O–H groups in total. The molecule has 29 heavy (non-hydrogen) atoms. The number of rotatable bonds is 7. The number of nitrogens with two attached hydrogens (primary N) is 2. The summed E-state index contributed by atoms with van der Waals surface area (Å²) in [4.78, 5) is 21.5. The number of anilines is 2. The van der Waals surface area contributed by atoms with E-state index in [1.165, 1.54) is 6.21 Å². The molecule has 3 aromatic rings. The zero-order valence-electron chi connectivity index (χ0n) is 17.0. The topological polar surface area (TPSA) is 134 Å². The van der Waals surface area contributed by atoms with Gasteiger partial charge < -0.3 is 31.5 Å². The third kappa shape index (κ3) is 3.49. The molecule has 0 spiro atoms. The highest BCUT2D eigenvalue weighted by atomic mass is 16.5. The number of amides is 1. The Labute approximate surface area is 169 Å². The first-order chi connectivity index (χ1) is 13.8. The van der Waals surface area contributed by atoms with Gasteiger partial charge in [0, 0.05) is 47.7 Å². The van der Waals surface area contributed by atoms with E-state index in [-0.39, 0.29) is 6.04 Å². The molecule has 1 amide bonds. The summed E-state index contributed by atoms with van der Waals surface area (Å²) in [6.07, 6.45) is 2.93. The maximum absolute atomic E-state index is 12.0. The summed E-state index contributed by atoms with van der Waals surface area (Å²) >= 11 is 0. The van der Waals surface area contributed by atoms with Crippen molar-refractivity contribution in [1.82, 2.24) is 9.97 Å². The number of nitrogens with zero attached hydrogens (tertiary/aromatic N) is 2. The van der Waals surface area contributed by atoms with Gasteiger partial charge in [0.15, 0.2) is 0 Å². The third-order valence-electron chi connectivity index (χ3n) is 5.43. The largest absolute Gasteiger partial charge is 0.481 e. The van der Waals surface area contributed by atoms with Crippen LogP contribution >= 0.6 is 0 Å². The van der Waals surface area contributed by atoms with Gasteiger partial charge >= 0.3 is 0 Å². The minimum absolute atomic E-state index is 0.0789. The summed E-state index contributed by atoms with van der Waals surface area (Å²) in [5, 5.41) is 8.67. The molecule has 3 rings (SSSR count). The number of hydrogen-bond donors (Lipinski definition) is 4. The second-order valence-electron chi connectivity index (χ2n) is 7.07. The van der Waals surface area contributed by atoms with Crippen molar-refractivity contribution in [2.45, 2.75) is 25.8 Å². The van der Waals surface area contributed by atoms with Crippen LogP contribution in [0, 0.1) is 5.41 Å². The van der Waals surface area contributed by atoms with E-state index < -0.39 is 11.8 Å². The molecule has 2 unspecified atom stereocenters. The lowest BCUT2D eigenvalue weighted by Gasteiger charge is -2.29. The summed E-state index contributed by atoms with van der Waals surface area (Å²) in [5.41, 5.74) is 16.1. The summed E-state index contributed by atoms with van der Waals surface area (Å²) in [7, 11) is 3.51. The highest BCUT2D eigenvalue weighted by molar-refractivity contribution is 6.10. The Kier molecular flexibility index (Phi) is 5.45. The molecule has 0 aliphatic rings. The number of hydrogen-bond acceptors (Lipinski definition) is 6. The number of aromatic amines is 1. The zero-order chi connectivity index (χ0) is 21.3. The van der Waals surface area contributed by atoms with E-state index in [9.17, 15) is 4.79 Å². The predicted molar refractivity (Wildman–Crippen MR) is 116 cm³/mol. The Morgan fingerprint density at radius 3 is 2.69 bits per heavy atom. The van der Waals surface area contributed by atoms with Gasteiger partial charge in [0.2, 0.25) is 11.8 Å². The monoisotopic (exact) mass is 394 g/mol. The van der Waals surface area contributed by atoms with Gasteiger partial charge in [-0.3, -0.25) is 4.79 Å². The van der Waals surface area contributed by atoms with Crippen LogP contribution in [0.2, 0.25) is 0 Å². The predicted octanol–water partition coefficient (Wildman–Crippen LogP) is 2.94. The van der Waals surface area contributed by atoms with Crippen molar-refractivity contribution in [3.8, 4) is 5.88 Å². The van der Waals surface area contributed by atoms with Gasteiger partial charge in [-0.25, -0.2) is 4.98 Å². The maximum atomic E-state index is 12.0. The number of H-pyrrole nitrogens is 1. The third-order valence-corrected chi connectivity index (χ3v) is 5.43. The van der Waals surface area contributed by atoms with Gasteiger partial charge in [-0.1, -0.05) is 0 Å². The van der Waals surface area contributed by atoms with Crippen LogP contribution in [0.1, 0.15) is 42.6 Å². The summed E-state index contributed by atoms with van der Waals surface area (Å²) in [5.74, 6) is -0.454. The van der Waals surface area contributed by atoms with Crippen molar-refractivity contribution in [3.05, 3.63) is 47.3 Å². The van der Waals surface area contributed by atoms with E-state index in [0.29, 0.717) is 22.8 Å². The molecular formula is C21H26N6O2. The second-order valence-corrected chi connectivity index (χ2v) is 7.07. The number of pyridine rings is 1. The van der Waals surface area contributed by atoms with Crippen LogP contribution in [0.5, 0.6) is 5.88 Å². The lowest BCUT2D eigenvalue weighted by atomic mass is 10.00. The molecule has 0 radical (unpaired) electrons. The highest BCUT2D eigenvalue weighted by Crippen LogP contribution is 2.41. The minimum atomic E-state index is -0.543. The number of primary amides is 1. The van der Waals surface area contributed by atoms with Crippen molar-refractivity contribution < 1.29 is 9.53 Å². The molecule has 8 nitrogen and oxygen atoms in total. The van der Waals surface area contributed by atoms with Gasteiger partial charge in [0.05, 0.1) is 30.5 Å². The van der Waals surface area contributed by atoms with E-state index in [2.05, 4.69) is 14.9 Å². The Morgan fingerprint density at radius 2 is 2.07 bits per heavy atom. The van der Waals surface area contributed by atoms with Crippen LogP contribution in [0.25, 0.3) is 10.9 Å². The first kappa shape index (κ1) is 20.2. The number of methoxy groups -OCH3 is 1. The number of carbonyl (C=O) groups is 1. The molecule has 0 aliphatic carbocycles. The summed E-state index contributed by atoms with van der Waals surface area (Å²) in [6, 6.07) is 7.32. The summed E-state index contributed by atoms with van der Waals surface area (Å²) < 4.78 is 5.25. The molecule has 0 fully saturated rings. The number of carbonyl (C=O) groups excluding carboxylic acids is 1. The fourth-order valence-electron chi connectivity index (χ4n) is 3.52. The molecule has 0 saturated heterocycles. The van der Waals surface area contributed by atoms with Crippen molar-refractivity contribution in [2.75, 3.05) is 24.8 Å². The van der Waals surface area contributed by atoms with Gasteiger partial charge in [-0.05, 0) is 37.6 Å². The van der Waals surface area contributed by atoms with Gasteiger partial charge in [-0.2, -0.15) is 0 Å². The first-order valence-corrected chi connectivity index (χ1v) is 9.26. The van der Waals surface area contributed by atoms with E-state index in [4.69, 9.17) is 21.6 Å². The average molecular weight is 394 g/mol. The first-order valence-electron chi connectivity index (χ1n) is 9.26. The number of benzene rings is 1. The zero-order valence-corrected chi connectivity index (χ0v) is 17.0. The van der Waals surface area contributed by atoms with Gasteiger partial charge in [0.1, 0.15) is 0 Å². The quantitative estimate of drug-likeness (QED) is 0.361. The number of aromatic nitrogens is 2. The normalized spacial score (nSPS) is 13.1. The Bertz CT molecular complexity index is 1070. The average Bonchev–Trinajstić information content (AvgIpc) is 3.11. The Balaban J connectivity index is 2.24.